The van der Waals surface area contributed by atoms with Gasteiger partial charge in [-0.25, -0.2) is 19.4 Å². The monoisotopic (exact) mass is 851 g/mol. The number of aldehydes is 1. The van der Waals surface area contributed by atoms with Gasteiger partial charge in [0.2, 0.25) is 5.91 Å². The SMILES string of the molecule is C=C1CCC(N(C)Cc2cc(N3CCC(CN4CCN(C(=O)N5CCC(n6nc(-c7ccc(Oc8ccccc8)cc7)c7c(N)ncnc76)CC5)CC4)CC3)ccc2C=O)C(=O)N1. The number of allylic oxidation sites excluding steroid dienone is 1. The minimum Gasteiger partial charge on any atom is -0.457 e. The molecule has 4 aliphatic heterocycles. The second kappa shape index (κ2) is 18.6. The van der Waals surface area contributed by atoms with E-state index in [0.29, 0.717) is 42.6 Å². The van der Waals surface area contributed by atoms with Gasteiger partial charge in [-0.3, -0.25) is 19.4 Å². The Morgan fingerprint density at radius 3 is 2.32 bits per heavy atom. The Balaban J connectivity index is 0.744. The number of carbonyl (C=O) groups excluding carboxylic acids is 3. The zero-order chi connectivity index (χ0) is 43.5. The summed E-state index contributed by atoms with van der Waals surface area (Å²) >= 11 is 0. The number of piperidine rings is 3. The van der Waals surface area contributed by atoms with Crippen LogP contribution in [0, 0.1) is 5.92 Å². The number of anilines is 2. The predicted octanol–water partition coefficient (Wildman–Crippen LogP) is 6.20. The van der Waals surface area contributed by atoms with Crippen LogP contribution in [0.4, 0.5) is 16.3 Å². The molecule has 4 aliphatic rings. The lowest BCUT2D eigenvalue weighted by molar-refractivity contribution is -0.126. The molecule has 3 amide bonds. The number of nitrogens with one attached hydrogen (secondary N) is 1. The van der Waals surface area contributed by atoms with Gasteiger partial charge in [0.05, 0.1) is 17.5 Å². The number of carbonyl (C=O) groups is 3. The second-order valence-corrected chi connectivity index (χ2v) is 17.5. The Kier molecular flexibility index (Phi) is 12.4. The molecule has 63 heavy (non-hydrogen) atoms. The molecular weight excluding hydrogens is 795 g/mol. The van der Waals surface area contributed by atoms with Crippen molar-refractivity contribution in [3.63, 3.8) is 0 Å². The van der Waals surface area contributed by atoms with Crippen molar-refractivity contribution in [1.29, 1.82) is 0 Å². The number of benzene rings is 3. The lowest BCUT2D eigenvalue weighted by Crippen LogP contribution is -2.55. The number of ether oxygens (including phenoxy) is 1. The zero-order valence-electron chi connectivity index (χ0n) is 36.1. The van der Waals surface area contributed by atoms with Crippen LogP contribution >= 0.6 is 0 Å². The Labute approximate surface area is 368 Å². The van der Waals surface area contributed by atoms with Crippen molar-refractivity contribution in [2.24, 2.45) is 5.92 Å². The summed E-state index contributed by atoms with van der Waals surface area (Å²) in [5.74, 6) is 2.45. The summed E-state index contributed by atoms with van der Waals surface area (Å²) in [6.07, 6.45) is 7.60. The molecule has 9 rings (SSSR count). The minimum atomic E-state index is -0.244. The fourth-order valence-electron chi connectivity index (χ4n) is 9.72. The Bertz CT molecular complexity index is 2430. The largest absolute Gasteiger partial charge is 0.457 e. The van der Waals surface area contributed by atoms with E-state index in [1.54, 1.807) is 0 Å². The highest BCUT2D eigenvalue weighted by Gasteiger charge is 2.33. The van der Waals surface area contributed by atoms with Crippen LogP contribution in [0.1, 0.15) is 60.5 Å². The summed E-state index contributed by atoms with van der Waals surface area (Å²) in [7, 11) is 1.95. The standard InChI is InChI=1S/C48H57N11O4/c1-33-8-15-42(47(61)52-33)54(2)30-37-28-39(12-9-36(37)31-60)56-20-16-34(17-21-56)29-55-24-26-58(27-25-55)48(62)57-22-18-38(19-23-57)59-46-43(45(49)50-32-51-46)44(53-59)35-10-13-41(14-11-35)63-40-6-4-3-5-7-40/h3-7,9-14,28,31-32,34,38,42H,1,8,15-27,29-30H2,2H3,(H,52,61)(H2,49,50,51). The molecule has 2 aromatic heterocycles. The molecule has 1 unspecified atom stereocenters. The van der Waals surface area contributed by atoms with E-state index in [1.165, 1.54) is 6.33 Å². The fourth-order valence-corrected chi connectivity index (χ4v) is 9.72. The van der Waals surface area contributed by atoms with Gasteiger partial charge in [-0.05, 0) is 112 Å². The minimum absolute atomic E-state index is 0.0311. The summed E-state index contributed by atoms with van der Waals surface area (Å²) in [6.45, 7) is 11.9. The smallest absolute Gasteiger partial charge is 0.320 e. The quantitative estimate of drug-likeness (QED) is 0.146. The highest BCUT2D eigenvalue weighted by atomic mass is 16.5. The predicted molar refractivity (Wildman–Crippen MR) is 243 cm³/mol. The first-order valence-corrected chi connectivity index (χ1v) is 22.3. The average Bonchev–Trinajstić information content (AvgIpc) is 3.71. The Morgan fingerprint density at radius 2 is 1.60 bits per heavy atom. The number of likely N-dealkylation sites (N-methyl/N-ethyl adjacent to an activating group) is 1. The van der Waals surface area contributed by atoms with E-state index in [9.17, 15) is 14.4 Å². The number of nitrogen functional groups attached to an aromatic ring is 1. The van der Waals surface area contributed by atoms with Crippen LogP contribution < -0.4 is 20.7 Å². The lowest BCUT2D eigenvalue weighted by atomic mass is 9.95. The van der Waals surface area contributed by atoms with Crippen LogP contribution in [-0.4, -0.2) is 130 Å². The van der Waals surface area contributed by atoms with Gasteiger partial charge in [0.15, 0.2) is 5.65 Å². The van der Waals surface area contributed by atoms with Crippen LogP contribution in [0.15, 0.2) is 91.4 Å². The Hall–Kier alpha value is -6.32. The number of para-hydroxylation sites is 1. The summed E-state index contributed by atoms with van der Waals surface area (Å²) in [6, 6.07) is 23.5. The molecule has 3 aromatic carbocycles. The fraction of sp³-hybridized carbons (Fsp3) is 0.417. The van der Waals surface area contributed by atoms with Gasteiger partial charge in [0.25, 0.3) is 0 Å². The van der Waals surface area contributed by atoms with Crippen molar-refractivity contribution in [2.75, 3.05) is 76.6 Å². The van der Waals surface area contributed by atoms with Crippen LogP contribution in [0.2, 0.25) is 0 Å². The number of hydrogen-bond acceptors (Lipinski definition) is 11. The third-order valence-corrected chi connectivity index (χ3v) is 13.4. The molecule has 0 saturated carbocycles. The third kappa shape index (κ3) is 9.25. The average molecular weight is 852 g/mol. The highest BCUT2D eigenvalue weighted by molar-refractivity contribution is 5.98. The van der Waals surface area contributed by atoms with Gasteiger partial charge in [-0.2, -0.15) is 5.10 Å². The van der Waals surface area contributed by atoms with Crippen molar-refractivity contribution in [3.05, 3.63) is 103 Å². The molecule has 0 spiro atoms. The van der Waals surface area contributed by atoms with Gasteiger partial charge in [0, 0.05) is 88.0 Å². The number of hydrogen-bond donors (Lipinski definition) is 2. The molecule has 1 atom stereocenters. The summed E-state index contributed by atoms with van der Waals surface area (Å²) in [5.41, 5.74) is 12.3. The van der Waals surface area contributed by atoms with Crippen LogP contribution in [0.5, 0.6) is 11.5 Å². The van der Waals surface area contributed by atoms with Crippen LogP contribution in [0.3, 0.4) is 0 Å². The first-order valence-electron chi connectivity index (χ1n) is 22.3. The second-order valence-electron chi connectivity index (χ2n) is 17.5. The van der Waals surface area contributed by atoms with Crippen molar-refractivity contribution in [3.8, 4) is 22.8 Å². The number of amides is 3. The Morgan fingerprint density at radius 1 is 0.889 bits per heavy atom. The number of likely N-dealkylation sites (tertiary alicyclic amines) is 1. The molecule has 15 nitrogen and oxygen atoms in total. The lowest BCUT2D eigenvalue weighted by Gasteiger charge is -2.41. The molecule has 0 aliphatic carbocycles. The summed E-state index contributed by atoms with van der Waals surface area (Å²) < 4.78 is 7.99. The molecule has 4 fully saturated rings. The third-order valence-electron chi connectivity index (χ3n) is 13.4. The van der Waals surface area contributed by atoms with Gasteiger partial charge in [-0.1, -0.05) is 24.8 Å². The van der Waals surface area contributed by atoms with Gasteiger partial charge in [-0.15, -0.1) is 0 Å². The molecule has 328 valence electrons. The van der Waals surface area contributed by atoms with E-state index in [2.05, 4.69) is 43.8 Å². The van der Waals surface area contributed by atoms with E-state index < -0.39 is 0 Å². The number of nitrogens with zero attached hydrogens (tertiary/aromatic N) is 9. The van der Waals surface area contributed by atoms with Crippen molar-refractivity contribution in [2.45, 2.75) is 57.2 Å². The maximum atomic E-state index is 13.8. The first kappa shape index (κ1) is 42.0. The van der Waals surface area contributed by atoms with E-state index in [-0.39, 0.29) is 24.0 Å². The topological polar surface area (TPSA) is 158 Å². The normalized spacial score (nSPS) is 19.5. The molecule has 15 heteroatoms. The molecule has 6 heterocycles. The van der Waals surface area contributed by atoms with Gasteiger partial charge < -0.3 is 30.5 Å². The van der Waals surface area contributed by atoms with E-state index in [0.717, 1.165) is 136 Å². The maximum Gasteiger partial charge on any atom is 0.320 e. The van der Waals surface area contributed by atoms with Crippen LogP contribution in [-0.2, 0) is 11.3 Å². The highest BCUT2D eigenvalue weighted by Crippen LogP contribution is 2.36. The van der Waals surface area contributed by atoms with Gasteiger partial charge in [0.1, 0.15) is 35.6 Å². The molecular formula is C48H57N11O4. The summed E-state index contributed by atoms with van der Waals surface area (Å²) in [5, 5.41) is 8.68. The van der Waals surface area contributed by atoms with E-state index in [1.807, 2.05) is 87.1 Å². The number of piperazine rings is 1. The van der Waals surface area contributed by atoms with E-state index >= 15 is 0 Å². The molecule has 5 aromatic rings. The number of rotatable bonds is 11. The van der Waals surface area contributed by atoms with Gasteiger partial charge >= 0.3 is 6.03 Å². The molecule has 3 N–H and O–H groups in total. The number of urea groups is 1. The van der Waals surface area contributed by atoms with Crippen molar-refractivity contribution in [1.82, 2.24) is 44.7 Å². The van der Waals surface area contributed by atoms with Crippen LogP contribution in [0.25, 0.3) is 22.3 Å². The number of fused-ring (bicyclic) bond motifs is 1. The zero-order valence-corrected chi connectivity index (χ0v) is 36.1. The number of nitrogens with two attached hydrogens (primary N) is 1. The van der Waals surface area contributed by atoms with E-state index in [4.69, 9.17) is 15.6 Å². The first-order chi connectivity index (χ1) is 30.7. The molecule has 0 radical (unpaired) electrons. The number of aromatic nitrogens is 4. The molecule has 0 bridgehead atoms. The summed E-state index contributed by atoms with van der Waals surface area (Å²) in [4.78, 5) is 58.3. The maximum absolute atomic E-state index is 13.8. The van der Waals surface area contributed by atoms with Crippen molar-refractivity contribution < 1.29 is 19.1 Å². The molecule has 4 saturated heterocycles. The van der Waals surface area contributed by atoms with Crippen molar-refractivity contribution >= 4 is 40.8 Å².